The molecular weight excluding hydrogens is 392 g/mol. The summed E-state index contributed by atoms with van der Waals surface area (Å²) in [6.45, 7) is 0. The van der Waals surface area contributed by atoms with Gasteiger partial charge in [0, 0.05) is 10.9 Å². The quantitative estimate of drug-likeness (QED) is 0.532. The van der Waals surface area contributed by atoms with Gasteiger partial charge in [-0.1, -0.05) is 60.7 Å². The summed E-state index contributed by atoms with van der Waals surface area (Å²) in [5.74, 6) is -1.23. The van der Waals surface area contributed by atoms with Crippen molar-refractivity contribution in [3.8, 4) is 11.3 Å². The average Bonchev–Trinajstić information content (AvgIpc) is 3.16. The van der Waals surface area contributed by atoms with Crippen LogP contribution in [0.1, 0.15) is 0 Å². The molecule has 0 spiro atoms. The highest BCUT2D eigenvalue weighted by atomic mass is 32.2. The van der Waals surface area contributed by atoms with E-state index in [1.54, 1.807) is 18.2 Å². The first kappa shape index (κ1) is 18.3. The lowest BCUT2D eigenvalue weighted by Crippen LogP contribution is -2.22. The second kappa shape index (κ2) is 7.53. The van der Waals surface area contributed by atoms with Gasteiger partial charge in [-0.3, -0.25) is 4.79 Å². The Hall–Kier alpha value is -3.03. The van der Waals surface area contributed by atoms with Crippen molar-refractivity contribution in [1.29, 1.82) is 0 Å². The number of hydrogen-bond donors (Lipinski definition) is 1. The molecule has 0 saturated carbocycles. The SMILES string of the molecule is O=C(CS(=O)(=O)c1ccccc1)Nc1nc(-c2cccc3ccccc23)cs1. The van der Waals surface area contributed by atoms with E-state index in [-0.39, 0.29) is 4.90 Å². The van der Waals surface area contributed by atoms with Crippen LogP contribution in [0.5, 0.6) is 0 Å². The first-order valence-corrected chi connectivity index (χ1v) is 11.1. The molecule has 28 heavy (non-hydrogen) atoms. The molecule has 0 atom stereocenters. The van der Waals surface area contributed by atoms with Crippen molar-refractivity contribution >= 4 is 43.0 Å². The van der Waals surface area contributed by atoms with Gasteiger partial charge < -0.3 is 5.32 Å². The van der Waals surface area contributed by atoms with Crippen molar-refractivity contribution in [1.82, 2.24) is 4.98 Å². The van der Waals surface area contributed by atoms with Gasteiger partial charge in [0.1, 0.15) is 5.75 Å². The summed E-state index contributed by atoms with van der Waals surface area (Å²) in [6.07, 6.45) is 0. The average molecular weight is 409 g/mol. The zero-order valence-electron chi connectivity index (χ0n) is 14.7. The van der Waals surface area contributed by atoms with E-state index in [2.05, 4.69) is 10.3 Å². The number of benzene rings is 3. The predicted molar refractivity (Wildman–Crippen MR) is 112 cm³/mol. The molecule has 0 fully saturated rings. The minimum Gasteiger partial charge on any atom is -0.301 e. The second-order valence-corrected chi connectivity index (χ2v) is 9.03. The standard InChI is InChI=1S/C21H16N2O3S2/c24-20(14-28(25,26)16-9-2-1-3-10-16)23-21-22-19(13-27-21)18-12-6-8-15-7-4-5-11-17(15)18/h1-13H,14H2,(H,22,23,24). The highest BCUT2D eigenvalue weighted by molar-refractivity contribution is 7.92. The number of thiazole rings is 1. The van der Waals surface area contributed by atoms with Crippen molar-refractivity contribution in [2.24, 2.45) is 0 Å². The van der Waals surface area contributed by atoms with E-state index in [0.29, 0.717) is 5.13 Å². The molecule has 7 heteroatoms. The van der Waals surface area contributed by atoms with Crippen molar-refractivity contribution < 1.29 is 13.2 Å². The molecule has 4 rings (SSSR count). The number of rotatable bonds is 5. The molecule has 1 aromatic heterocycles. The maximum atomic E-state index is 12.3. The number of sulfone groups is 1. The smallest absolute Gasteiger partial charge is 0.241 e. The topological polar surface area (TPSA) is 76.1 Å². The number of anilines is 1. The second-order valence-electron chi connectivity index (χ2n) is 6.18. The molecule has 0 aliphatic carbocycles. The van der Waals surface area contributed by atoms with Gasteiger partial charge >= 0.3 is 0 Å². The first-order chi connectivity index (χ1) is 13.5. The van der Waals surface area contributed by atoms with Crippen LogP contribution in [0.2, 0.25) is 0 Å². The molecule has 0 unspecified atom stereocenters. The Morgan fingerprint density at radius 2 is 1.64 bits per heavy atom. The molecule has 140 valence electrons. The number of nitrogens with zero attached hydrogens (tertiary/aromatic N) is 1. The van der Waals surface area contributed by atoms with Crippen LogP contribution < -0.4 is 5.32 Å². The monoisotopic (exact) mass is 408 g/mol. The van der Waals surface area contributed by atoms with E-state index in [9.17, 15) is 13.2 Å². The van der Waals surface area contributed by atoms with Gasteiger partial charge in [0.25, 0.3) is 0 Å². The summed E-state index contributed by atoms with van der Waals surface area (Å²) >= 11 is 1.27. The van der Waals surface area contributed by atoms with Crippen LogP contribution >= 0.6 is 11.3 Å². The molecule has 0 radical (unpaired) electrons. The molecule has 1 amide bonds. The third-order valence-electron chi connectivity index (χ3n) is 4.24. The first-order valence-electron chi connectivity index (χ1n) is 8.54. The molecule has 1 heterocycles. The highest BCUT2D eigenvalue weighted by Crippen LogP contribution is 2.31. The van der Waals surface area contributed by atoms with Gasteiger partial charge in [-0.2, -0.15) is 0 Å². The molecular formula is C21H16N2O3S2. The van der Waals surface area contributed by atoms with E-state index < -0.39 is 21.5 Å². The number of hydrogen-bond acceptors (Lipinski definition) is 5. The zero-order valence-corrected chi connectivity index (χ0v) is 16.3. The Labute approximate surface area is 166 Å². The molecule has 0 aliphatic rings. The Morgan fingerprint density at radius 3 is 2.46 bits per heavy atom. The summed E-state index contributed by atoms with van der Waals surface area (Å²) < 4.78 is 24.7. The highest BCUT2D eigenvalue weighted by Gasteiger charge is 2.20. The van der Waals surface area contributed by atoms with Crippen LogP contribution in [0.4, 0.5) is 5.13 Å². The van der Waals surface area contributed by atoms with Crippen LogP contribution in [0.15, 0.2) is 83.1 Å². The molecule has 0 saturated heterocycles. The van der Waals surface area contributed by atoms with Crippen molar-refractivity contribution in [3.05, 3.63) is 78.2 Å². The minimum atomic E-state index is -3.69. The number of amides is 1. The van der Waals surface area contributed by atoms with Gasteiger partial charge in [-0.15, -0.1) is 11.3 Å². The number of nitrogens with one attached hydrogen (secondary N) is 1. The maximum absolute atomic E-state index is 12.3. The van der Waals surface area contributed by atoms with E-state index >= 15 is 0 Å². The van der Waals surface area contributed by atoms with E-state index in [1.807, 2.05) is 47.8 Å². The molecule has 1 N–H and O–H groups in total. The lowest BCUT2D eigenvalue weighted by atomic mass is 10.0. The summed E-state index contributed by atoms with van der Waals surface area (Å²) in [5.41, 5.74) is 1.70. The number of aromatic nitrogens is 1. The third-order valence-corrected chi connectivity index (χ3v) is 6.63. The Balaban J connectivity index is 1.53. The molecule has 3 aromatic carbocycles. The fraction of sp³-hybridized carbons (Fsp3) is 0.0476. The van der Waals surface area contributed by atoms with E-state index in [0.717, 1.165) is 22.0 Å². The van der Waals surface area contributed by atoms with Crippen LogP contribution in [0, 0.1) is 0 Å². The number of carbonyl (C=O) groups is 1. The maximum Gasteiger partial charge on any atom is 0.241 e. The predicted octanol–water partition coefficient (Wildman–Crippen LogP) is 4.38. The molecule has 0 bridgehead atoms. The largest absolute Gasteiger partial charge is 0.301 e. The summed E-state index contributed by atoms with van der Waals surface area (Å²) in [6, 6.07) is 21.9. The van der Waals surface area contributed by atoms with Crippen molar-refractivity contribution in [2.45, 2.75) is 4.90 Å². The van der Waals surface area contributed by atoms with Crippen LogP contribution in [-0.2, 0) is 14.6 Å². The van der Waals surface area contributed by atoms with Gasteiger partial charge in [0.2, 0.25) is 5.91 Å². The van der Waals surface area contributed by atoms with Crippen LogP contribution in [0.3, 0.4) is 0 Å². The lowest BCUT2D eigenvalue weighted by Gasteiger charge is -2.05. The molecule has 5 nitrogen and oxygen atoms in total. The van der Waals surface area contributed by atoms with Crippen molar-refractivity contribution in [3.63, 3.8) is 0 Å². The van der Waals surface area contributed by atoms with E-state index in [1.165, 1.54) is 23.5 Å². The van der Waals surface area contributed by atoms with Crippen molar-refractivity contribution in [2.75, 3.05) is 11.1 Å². The normalized spacial score (nSPS) is 11.4. The minimum absolute atomic E-state index is 0.126. The fourth-order valence-electron chi connectivity index (χ4n) is 2.94. The van der Waals surface area contributed by atoms with E-state index in [4.69, 9.17) is 0 Å². The Kier molecular flexibility index (Phi) is 4.93. The Bertz CT molecular complexity index is 1240. The van der Waals surface area contributed by atoms with Gasteiger partial charge in [0.05, 0.1) is 10.6 Å². The van der Waals surface area contributed by atoms with Gasteiger partial charge in [-0.05, 0) is 22.9 Å². The molecule has 4 aromatic rings. The third kappa shape index (κ3) is 3.81. The van der Waals surface area contributed by atoms with Gasteiger partial charge in [0.15, 0.2) is 15.0 Å². The fourth-order valence-corrected chi connectivity index (χ4v) is 4.83. The van der Waals surface area contributed by atoms with Gasteiger partial charge in [-0.25, -0.2) is 13.4 Å². The lowest BCUT2D eigenvalue weighted by molar-refractivity contribution is -0.113. The van der Waals surface area contributed by atoms with Crippen LogP contribution in [-0.4, -0.2) is 25.1 Å². The summed E-state index contributed by atoms with van der Waals surface area (Å²) in [5, 5.41) is 6.99. The number of carbonyl (C=O) groups excluding carboxylic acids is 1. The summed E-state index contributed by atoms with van der Waals surface area (Å²) in [4.78, 5) is 16.8. The Morgan fingerprint density at radius 1 is 0.929 bits per heavy atom. The zero-order chi connectivity index (χ0) is 19.6. The van der Waals surface area contributed by atoms with Crippen LogP contribution in [0.25, 0.3) is 22.0 Å². The molecule has 0 aliphatic heterocycles. The summed E-state index contributed by atoms with van der Waals surface area (Å²) in [7, 11) is -3.69. The number of fused-ring (bicyclic) bond motifs is 1.